The molecule has 1 saturated carbocycles. The number of phenols is 3. The molecule has 12 heteroatoms. The van der Waals surface area contributed by atoms with Crippen LogP contribution in [0.1, 0.15) is 120 Å². The number of aliphatic hydroxyl groups is 2. The van der Waals surface area contributed by atoms with E-state index in [4.69, 9.17) is 18.9 Å². The molecule has 12 nitrogen and oxygen atoms in total. The first-order valence-electron chi connectivity index (χ1n) is 27.9. The lowest BCUT2D eigenvalue weighted by atomic mass is 9.51. The molecule has 8 atom stereocenters. The van der Waals surface area contributed by atoms with Gasteiger partial charge in [-0.15, -0.1) is 0 Å². The van der Waals surface area contributed by atoms with Crippen molar-refractivity contribution < 1.29 is 44.5 Å². The summed E-state index contributed by atoms with van der Waals surface area (Å²) in [5.41, 5.74) is 10.9. The number of hydrogen-bond acceptors (Lipinski definition) is 11. The van der Waals surface area contributed by atoms with Gasteiger partial charge in [0, 0.05) is 65.8 Å². The molecule has 2 fully saturated rings. The van der Waals surface area contributed by atoms with E-state index in [0.29, 0.717) is 62.2 Å². The largest absolute Gasteiger partial charge is 0.508 e. The Kier molecular flexibility index (Phi) is 14.7. The van der Waals surface area contributed by atoms with E-state index in [2.05, 4.69) is 88.0 Å². The molecule has 12 rings (SSSR count). The fraction of sp³-hybridized carbons (Fsp3) is 0.415. The van der Waals surface area contributed by atoms with E-state index in [1.54, 1.807) is 31.4 Å². The van der Waals surface area contributed by atoms with E-state index in [0.717, 1.165) is 113 Å². The lowest BCUT2D eigenvalue weighted by Gasteiger charge is -2.56. The van der Waals surface area contributed by atoms with Crippen LogP contribution in [0.3, 0.4) is 0 Å². The third kappa shape index (κ3) is 10.4. The topological polar surface area (TPSA) is 167 Å². The lowest BCUT2D eigenvalue weighted by Crippen LogP contribution is -2.54. The summed E-state index contributed by atoms with van der Waals surface area (Å²) in [5, 5.41) is 64.2. The Morgan fingerprint density at radius 1 is 0.844 bits per heavy atom. The first-order chi connectivity index (χ1) is 37.6. The molecule has 1 aromatic heterocycles. The fourth-order valence-corrected chi connectivity index (χ4v) is 13.8. The van der Waals surface area contributed by atoms with Crippen molar-refractivity contribution in [2.75, 3.05) is 27.1 Å². The van der Waals surface area contributed by atoms with Gasteiger partial charge in [-0.05, 0) is 181 Å². The minimum Gasteiger partial charge on any atom is -0.508 e. The van der Waals surface area contributed by atoms with Crippen molar-refractivity contribution in [2.24, 2.45) is 11.8 Å². The SMILES string of the molecule is COCNC1C=C2C#C[C@H](CCc3ccc(O)c(Cc4cccc(O)c4)c3)CCC[C@H]3C[C@H](O)CCc4cc(c(O)cc4CO)OCc4cc([C@@]56CCO[C@@H]7CC[C@@H](C[C@@H]75)c5ccccc56)cc5cn(cc45)C(=C2CO3)N1. The number of methoxy groups -OCH3 is 1. The van der Waals surface area contributed by atoms with Gasteiger partial charge in [-0.1, -0.05) is 66.4 Å². The molecule has 6 aromatic rings. The van der Waals surface area contributed by atoms with Gasteiger partial charge in [0.15, 0.2) is 11.5 Å². The molecular weight excluding hydrogens is 967 g/mol. The van der Waals surface area contributed by atoms with Crippen molar-refractivity contribution in [1.82, 2.24) is 15.2 Å². The Morgan fingerprint density at radius 2 is 1.75 bits per heavy atom. The number of aryl methyl sites for hydroxylation is 2. The number of aliphatic hydroxyl groups excluding tert-OH is 2. The number of benzene rings is 5. The van der Waals surface area contributed by atoms with Crippen LogP contribution < -0.4 is 15.4 Å². The quantitative estimate of drug-likeness (QED) is 0.0516. The van der Waals surface area contributed by atoms with Crippen molar-refractivity contribution in [3.63, 3.8) is 0 Å². The summed E-state index contributed by atoms with van der Waals surface area (Å²) in [7, 11) is 1.67. The number of dihydropyridines is 1. The van der Waals surface area contributed by atoms with Crippen LogP contribution in [0, 0.1) is 23.7 Å². The summed E-state index contributed by atoms with van der Waals surface area (Å²) in [6.07, 6.45) is 15.3. The zero-order valence-corrected chi connectivity index (χ0v) is 44.0. The smallest absolute Gasteiger partial charge is 0.161 e. The van der Waals surface area contributed by atoms with Gasteiger partial charge < -0.3 is 54.4 Å². The molecule has 8 bridgehead atoms. The van der Waals surface area contributed by atoms with Crippen LogP contribution in [0.2, 0.25) is 0 Å². The van der Waals surface area contributed by atoms with Crippen LogP contribution in [0.25, 0.3) is 16.6 Å². The summed E-state index contributed by atoms with van der Waals surface area (Å²) in [5.74, 6) is 9.89. The summed E-state index contributed by atoms with van der Waals surface area (Å²) in [6, 6.07) is 30.3. The summed E-state index contributed by atoms with van der Waals surface area (Å²) >= 11 is 0. The first-order valence-corrected chi connectivity index (χ1v) is 27.9. The van der Waals surface area contributed by atoms with E-state index in [-0.39, 0.29) is 66.8 Å². The number of aromatic hydroxyl groups is 3. The molecule has 5 heterocycles. The highest BCUT2D eigenvalue weighted by atomic mass is 16.5. The second-order valence-corrected chi connectivity index (χ2v) is 22.4. The molecule has 1 saturated heterocycles. The Hall–Kier alpha value is -6.56. The Balaban J connectivity index is 0.973. The van der Waals surface area contributed by atoms with Crippen molar-refractivity contribution in [3.05, 3.63) is 171 Å². The highest BCUT2D eigenvalue weighted by molar-refractivity contribution is 5.89. The molecule has 400 valence electrons. The zero-order valence-electron chi connectivity index (χ0n) is 44.0. The number of aromatic nitrogens is 1. The number of rotatable bonds is 10. The summed E-state index contributed by atoms with van der Waals surface area (Å²) in [4.78, 5) is 0. The fourth-order valence-electron chi connectivity index (χ4n) is 13.8. The van der Waals surface area contributed by atoms with Gasteiger partial charge in [-0.3, -0.25) is 5.32 Å². The van der Waals surface area contributed by atoms with Gasteiger partial charge >= 0.3 is 0 Å². The zero-order chi connectivity index (χ0) is 52.6. The molecule has 1 unspecified atom stereocenters. The minimum atomic E-state index is -0.698. The molecule has 7 N–H and O–H groups in total. The molecule has 6 aliphatic rings. The maximum atomic E-state index is 11.8. The maximum Gasteiger partial charge on any atom is 0.161 e. The van der Waals surface area contributed by atoms with Crippen molar-refractivity contribution in [3.8, 4) is 34.8 Å². The highest BCUT2D eigenvalue weighted by Gasteiger charge is 2.55. The van der Waals surface area contributed by atoms with Crippen LogP contribution in [0.5, 0.6) is 23.0 Å². The summed E-state index contributed by atoms with van der Waals surface area (Å²) in [6.45, 7) is 1.17. The second kappa shape index (κ2) is 22.1. The maximum absolute atomic E-state index is 11.8. The number of hydrogen-bond donors (Lipinski definition) is 7. The summed E-state index contributed by atoms with van der Waals surface area (Å²) < 4.78 is 28.1. The number of fused-ring (bicyclic) bond motifs is 10. The van der Waals surface area contributed by atoms with Gasteiger partial charge in [0.2, 0.25) is 0 Å². The molecular formula is C65H71N3O9. The third-order valence-corrected chi connectivity index (χ3v) is 17.7. The van der Waals surface area contributed by atoms with Gasteiger partial charge in [0.25, 0.3) is 0 Å². The van der Waals surface area contributed by atoms with Crippen LogP contribution in [0.4, 0.5) is 0 Å². The number of nitrogens with zero attached hydrogens (tertiary/aromatic N) is 1. The van der Waals surface area contributed by atoms with Crippen LogP contribution >= 0.6 is 0 Å². The standard InChI is InChI=1S/C65H71N3O9/c1-74-39-66-63-32-45-16-14-40(12-13-41-15-20-59(72)46(24-41)25-42-7-4-8-51(70)26-42)6-5-9-53-33-52(71)19-17-43-31-62(60(73)30-48(43)36-69)77-37-49-28-50(27-47-34-68(35-55(47)49)64(67-63)56(45)38-76-53)65-22-23-75-61-21-18-44(29-58(61)65)54-10-2-3-11-57(54)65/h2-4,7-8,10-11,15,20,24,26-28,30-32,34-35,40,44,52-53,58,61,63,66-67,69-73H,5-6,9,12-13,17-19,21-23,25,29,33,36-39H2,1H3/t40-,44-,52+,53-,58-,61+,63?,65+/m0/s1. The molecule has 0 radical (unpaired) electrons. The number of phenolic OH excluding ortho intramolecular Hbond substituents is 3. The number of ether oxygens (including phenoxy) is 4. The molecule has 5 aromatic carbocycles. The molecule has 0 amide bonds. The van der Waals surface area contributed by atoms with Crippen molar-refractivity contribution in [2.45, 2.75) is 132 Å². The minimum absolute atomic E-state index is 0.0377. The van der Waals surface area contributed by atoms with Gasteiger partial charge in [0.1, 0.15) is 30.1 Å². The predicted molar refractivity (Wildman–Crippen MR) is 296 cm³/mol. The molecule has 77 heavy (non-hydrogen) atoms. The van der Waals surface area contributed by atoms with E-state index >= 15 is 0 Å². The Bertz CT molecular complexity index is 3290. The van der Waals surface area contributed by atoms with Crippen molar-refractivity contribution >= 4 is 16.6 Å². The van der Waals surface area contributed by atoms with E-state index in [1.165, 1.54) is 16.7 Å². The Morgan fingerprint density at radius 3 is 2.64 bits per heavy atom. The average molecular weight is 1040 g/mol. The normalized spacial score (nSPS) is 26.0. The monoisotopic (exact) mass is 1040 g/mol. The molecule has 4 aliphatic heterocycles. The molecule has 2 aliphatic carbocycles. The van der Waals surface area contributed by atoms with Gasteiger partial charge in [-0.2, -0.15) is 0 Å². The average Bonchev–Trinajstić information content (AvgIpc) is 4.08. The Labute approximate surface area is 451 Å². The number of nitrogens with one attached hydrogen (secondary N) is 2. The first kappa shape index (κ1) is 51.2. The van der Waals surface area contributed by atoms with E-state index in [9.17, 15) is 25.5 Å². The van der Waals surface area contributed by atoms with Gasteiger partial charge in [-0.25, -0.2) is 0 Å². The van der Waals surface area contributed by atoms with Crippen LogP contribution in [0.15, 0.2) is 121 Å². The van der Waals surface area contributed by atoms with E-state index < -0.39 is 6.10 Å². The van der Waals surface area contributed by atoms with Crippen LogP contribution in [-0.2, 0) is 52.1 Å². The van der Waals surface area contributed by atoms with E-state index in [1.807, 2.05) is 24.3 Å². The molecule has 0 spiro atoms. The third-order valence-electron chi connectivity index (χ3n) is 17.7. The predicted octanol–water partition coefficient (Wildman–Crippen LogP) is 10.1. The van der Waals surface area contributed by atoms with Gasteiger partial charge in [0.05, 0.1) is 38.3 Å². The van der Waals surface area contributed by atoms with Crippen molar-refractivity contribution in [1.29, 1.82) is 0 Å². The van der Waals surface area contributed by atoms with Crippen LogP contribution in [-0.4, -0.2) is 81.6 Å². The lowest BCUT2D eigenvalue weighted by molar-refractivity contribution is -0.0894. The second-order valence-electron chi connectivity index (χ2n) is 22.4. The highest BCUT2D eigenvalue weighted by Crippen LogP contribution is 2.60.